The molecule has 0 aromatic carbocycles. The van der Waals surface area contributed by atoms with Crippen LogP contribution >= 0.6 is 0 Å². The van der Waals surface area contributed by atoms with Crippen molar-refractivity contribution in [1.82, 2.24) is 24.6 Å². The van der Waals surface area contributed by atoms with Crippen molar-refractivity contribution in [2.75, 3.05) is 20.2 Å². The third-order valence-electron chi connectivity index (χ3n) is 5.44. The topological polar surface area (TPSA) is 103 Å². The van der Waals surface area contributed by atoms with Crippen molar-refractivity contribution >= 4 is 12.3 Å². The van der Waals surface area contributed by atoms with Gasteiger partial charge < -0.3 is 20.2 Å². The third-order valence-corrected chi connectivity index (χ3v) is 5.44. The van der Waals surface area contributed by atoms with Gasteiger partial charge in [-0.2, -0.15) is 18.3 Å². The molecule has 0 bridgehead atoms. The maximum atomic E-state index is 13.3. The summed E-state index contributed by atoms with van der Waals surface area (Å²) < 4.78 is 46.0. The zero-order chi connectivity index (χ0) is 24.6. The van der Waals surface area contributed by atoms with Crippen LogP contribution < -0.4 is 4.74 Å². The maximum absolute atomic E-state index is 13.3. The summed E-state index contributed by atoms with van der Waals surface area (Å²) in [6, 6.07) is 3.31. The number of aromatic nitrogens is 4. The number of nitrogens with zero attached hydrogens (tertiary/aromatic N) is 4. The molecular formula is C23H29F3N6O2. The zero-order valence-electron chi connectivity index (χ0n) is 18.9. The molecule has 3 rings (SSSR count). The molecule has 0 spiro atoms. The van der Waals surface area contributed by atoms with Gasteiger partial charge in [0.15, 0.2) is 0 Å². The number of halogens is 3. The number of H-pyrrole nitrogens is 1. The van der Waals surface area contributed by atoms with Crippen LogP contribution in [0.25, 0.3) is 17.5 Å². The number of aliphatic hydroxyl groups is 1. The number of likely N-dealkylation sites (tertiary alicyclic amines) is 1. The van der Waals surface area contributed by atoms with Crippen molar-refractivity contribution in [3.8, 4) is 17.1 Å². The fraction of sp³-hybridized carbons (Fsp3) is 0.435. The van der Waals surface area contributed by atoms with E-state index < -0.39 is 18.9 Å². The van der Waals surface area contributed by atoms with Crippen molar-refractivity contribution in [1.29, 1.82) is 5.41 Å². The molecule has 3 heterocycles. The molecule has 8 nitrogen and oxygen atoms in total. The minimum absolute atomic E-state index is 0.0665. The van der Waals surface area contributed by atoms with E-state index in [4.69, 9.17) is 10.1 Å². The van der Waals surface area contributed by atoms with E-state index in [-0.39, 0.29) is 22.6 Å². The SMILES string of the molecule is COc1cccncc(-c2nn(CC(F)(F)F)c(/C=C/C(O)N3CCCCCC3)c2C=N)[nH]c1. The Kier molecular flexibility index (Phi) is 8.83. The second-order valence-corrected chi connectivity index (χ2v) is 7.88. The van der Waals surface area contributed by atoms with Crippen LogP contribution in [0.5, 0.6) is 5.75 Å². The minimum atomic E-state index is -4.53. The molecule has 3 N–H and O–H groups in total. The van der Waals surface area contributed by atoms with Crippen molar-refractivity contribution in [2.45, 2.75) is 44.6 Å². The number of hydrogen-bond acceptors (Lipinski definition) is 6. The summed E-state index contributed by atoms with van der Waals surface area (Å²) in [6.45, 7) is 0.0879. The molecule has 184 valence electrons. The van der Waals surface area contributed by atoms with Crippen LogP contribution in [0, 0.1) is 5.41 Å². The first-order valence-corrected chi connectivity index (χ1v) is 11.0. The Labute approximate surface area is 195 Å². The fourth-order valence-electron chi connectivity index (χ4n) is 3.75. The summed E-state index contributed by atoms with van der Waals surface area (Å²) in [5.74, 6) is 0.464. The monoisotopic (exact) mass is 478 g/mol. The van der Waals surface area contributed by atoms with Gasteiger partial charge in [0.25, 0.3) is 0 Å². The van der Waals surface area contributed by atoms with Gasteiger partial charge in [-0.3, -0.25) is 14.6 Å². The van der Waals surface area contributed by atoms with E-state index in [9.17, 15) is 18.3 Å². The number of methoxy groups -OCH3 is 1. The van der Waals surface area contributed by atoms with Crippen LogP contribution in [0.2, 0.25) is 0 Å². The zero-order valence-corrected chi connectivity index (χ0v) is 18.9. The number of hydrogen-bond donors (Lipinski definition) is 3. The molecule has 1 atom stereocenters. The molecule has 1 fully saturated rings. The molecule has 0 saturated carbocycles. The summed E-state index contributed by atoms with van der Waals surface area (Å²) in [4.78, 5) is 8.95. The molecule has 0 amide bonds. The second kappa shape index (κ2) is 11.8. The Morgan fingerprint density at radius 2 is 2.00 bits per heavy atom. The highest BCUT2D eigenvalue weighted by Crippen LogP contribution is 2.27. The van der Waals surface area contributed by atoms with Crippen molar-refractivity contribution < 1.29 is 23.0 Å². The summed E-state index contributed by atoms with van der Waals surface area (Å²) in [5.41, 5.74) is 0.638. The molecule has 1 unspecified atom stereocenters. The smallest absolute Gasteiger partial charge is 0.408 e. The molecule has 1 aliphatic rings. The lowest BCUT2D eigenvalue weighted by molar-refractivity contribution is -0.142. The second-order valence-electron chi connectivity index (χ2n) is 7.88. The van der Waals surface area contributed by atoms with E-state index in [1.54, 1.807) is 12.1 Å². The van der Waals surface area contributed by atoms with E-state index in [2.05, 4.69) is 15.1 Å². The number of ether oxygens (including phenoxy) is 1. The van der Waals surface area contributed by atoms with E-state index in [1.807, 2.05) is 4.90 Å². The first-order chi connectivity index (χ1) is 16.3. The minimum Gasteiger partial charge on any atom is -0.495 e. The van der Waals surface area contributed by atoms with Gasteiger partial charge in [0.05, 0.1) is 24.7 Å². The van der Waals surface area contributed by atoms with Gasteiger partial charge in [0.1, 0.15) is 24.2 Å². The van der Waals surface area contributed by atoms with Crippen molar-refractivity contribution in [2.24, 2.45) is 0 Å². The molecule has 1 aliphatic heterocycles. The number of rotatable bonds is 7. The van der Waals surface area contributed by atoms with E-state index in [0.29, 0.717) is 18.8 Å². The van der Waals surface area contributed by atoms with Crippen LogP contribution in [-0.4, -0.2) is 68.6 Å². The molecular weight excluding hydrogens is 449 g/mol. The van der Waals surface area contributed by atoms with E-state index >= 15 is 0 Å². The number of alkyl halides is 3. The average molecular weight is 479 g/mol. The normalized spacial score (nSPS) is 16.1. The Balaban J connectivity index is 2.07. The molecule has 0 radical (unpaired) electrons. The van der Waals surface area contributed by atoms with Gasteiger partial charge in [-0.25, -0.2) is 0 Å². The molecule has 2 aromatic heterocycles. The lowest BCUT2D eigenvalue weighted by Crippen LogP contribution is -2.34. The number of aliphatic hydroxyl groups excluding tert-OH is 1. The molecule has 11 heteroatoms. The third kappa shape index (κ3) is 6.91. The highest BCUT2D eigenvalue weighted by molar-refractivity contribution is 5.90. The molecule has 0 aliphatic carbocycles. The quantitative estimate of drug-likeness (QED) is 0.519. The van der Waals surface area contributed by atoms with Gasteiger partial charge in [0, 0.05) is 37.3 Å². The van der Waals surface area contributed by atoms with Crippen LogP contribution in [0.15, 0.2) is 36.8 Å². The van der Waals surface area contributed by atoms with Gasteiger partial charge in [-0.05, 0) is 37.1 Å². The lowest BCUT2D eigenvalue weighted by atomic mass is 10.1. The molecule has 34 heavy (non-hydrogen) atoms. The van der Waals surface area contributed by atoms with Gasteiger partial charge in [0.2, 0.25) is 0 Å². The first kappa shape index (κ1) is 25.4. The van der Waals surface area contributed by atoms with Crippen LogP contribution in [0.4, 0.5) is 13.2 Å². The maximum Gasteiger partial charge on any atom is 0.408 e. The number of nitrogens with one attached hydrogen (secondary N) is 2. The summed E-state index contributed by atoms with van der Waals surface area (Å²) in [6.07, 6.45) is 6.84. The highest BCUT2D eigenvalue weighted by atomic mass is 19.4. The Morgan fingerprint density at radius 1 is 1.26 bits per heavy atom. The highest BCUT2D eigenvalue weighted by Gasteiger charge is 2.31. The van der Waals surface area contributed by atoms with Crippen LogP contribution in [0.3, 0.4) is 0 Å². The summed E-state index contributed by atoms with van der Waals surface area (Å²) in [5, 5.41) is 22.7. The van der Waals surface area contributed by atoms with Crippen LogP contribution in [-0.2, 0) is 6.54 Å². The Hall–Kier alpha value is -3.18. The largest absolute Gasteiger partial charge is 0.495 e. The predicted octanol–water partition coefficient (Wildman–Crippen LogP) is 4.17. The average Bonchev–Trinajstić information content (AvgIpc) is 2.96. The van der Waals surface area contributed by atoms with Crippen molar-refractivity contribution in [3.63, 3.8) is 0 Å². The van der Waals surface area contributed by atoms with Crippen LogP contribution in [0.1, 0.15) is 36.9 Å². The fourth-order valence-corrected chi connectivity index (χ4v) is 3.75. The summed E-state index contributed by atoms with van der Waals surface area (Å²) in [7, 11) is 1.48. The summed E-state index contributed by atoms with van der Waals surface area (Å²) >= 11 is 0. The predicted molar refractivity (Wildman–Crippen MR) is 123 cm³/mol. The Morgan fingerprint density at radius 3 is 2.65 bits per heavy atom. The first-order valence-electron chi connectivity index (χ1n) is 11.0. The standard InChI is InChI=1S/C23H29F3N6O2/c1-34-17-7-6-10-28-15-19(29-14-17)22-18(13-27)20(32(30-22)16-23(24,25)26)8-9-21(33)31-11-4-2-3-5-12-31/h6-10,13-15,21,27,29,33H,2-5,11-12,16H2,1H3/b7-6?,9-8+,17-14?,19-15?,27-13?,28-10?. The van der Waals surface area contributed by atoms with E-state index in [0.717, 1.165) is 36.6 Å². The van der Waals surface area contributed by atoms with Crippen molar-refractivity contribution in [3.05, 3.63) is 48.1 Å². The van der Waals surface area contributed by atoms with Gasteiger partial charge in [-0.15, -0.1) is 0 Å². The molecule has 2 aromatic rings. The van der Waals surface area contributed by atoms with Gasteiger partial charge in [-0.1, -0.05) is 12.8 Å². The lowest BCUT2D eigenvalue weighted by Gasteiger charge is -2.23. The number of aromatic amines is 1. The Bertz CT molecular complexity index is 1040. The van der Waals surface area contributed by atoms with Gasteiger partial charge >= 0.3 is 6.18 Å². The molecule has 1 saturated heterocycles. The van der Waals surface area contributed by atoms with E-state index in [1.165, 1.54) is 37.9 Å².